The van der Waals surface area contributed by atoms with Crippen molar-refractivity contribution >= 4 is 17.6 Å². The molecule has 6 nitrogen and oxygen atoms in total. The van der Waals surface area contributed by atoms with Crippen molar-refractivity contribution in [1.29, 1.82) is 0 Å². The molecule has 0 aliphatic rings. The second-order valence-corrected chi connectivity index (χ2v) is 5.63. The monoisotopic (exact) mass is 347 g/mol. The van der Waals surface area contributed by atoms with E-state index in [2.05, 4.69) is 5.10 Å². The molecule has 0 saturated heterocycles. The molecule has 0 unspecified atom stereocenters. The van der Waals surface area contributed by atoms with Gasteiger partial charge < -0.3 is 5.11 Å². The summed E-state index contributed by atoms with van der Waals surface area (Å²) in [6.07, 6.45) is 1.54. The Labute approximate surface area is 150 Å². The van der Waals surface area contributed by atoms with Crippen molar-refractivity contribution in [3.8, 4) is 5.75 Å². The Morgan fingerprint density at radius 2 is 1.65 bits per heavy atom. The van der Waals surface area contributed by atoms with Gasteiger partial charge in [-0.15, -0.1) is 0 Å². The van der Waals surface area contributed by atoms with Crippen LogP contribution in [0.5, 0.6) is 5.75 Å². The molecule has 26 heavy (non-hydrogen) atoms. The zero-order chi connectivity index (χ0) is 18.4. The number of rotatable bonds is 6. The SMILES string of the molecule is O=[N+]([O-])c1cc(/C=N\N(Cc2ccccc2)c2ccccc2)ccc1O. The summed E-state index contributed by atoms with van der Waals surface area (Å²) in [5, 5.41) is 26.8. The average molecular weight is 347 g/mol. The van der Waals surface area contributed by atoms with Crippen LogP contribution in [0.3, 0.4) is 0 Å². The molecule has 0 fully saturated rings. The Balaban J connectivity index is 1.89. The summed E-state index contributed by atoms with van der Waals surface area (Å²) in [5.41, 5.74) is 2.18. The van der Waals surface area contributed by atoms with Crippen molar-refractivity contribution in [2.24, 2.45) is 5.10 Å². The molecular formula is C20H17N3O3. The van der Waals surface area contributed by atoms with Crippen molar-refractivity contribution in [3.63, 3.8) is 0 Å². The normalized spacial score (nSPS) is 10.8. The molecule has 3 rings (SSSR count). The molecule has 0 spiro atoms. The molecule has 0 aliphatic heterocycles. The minimum absolute atomic E-state index is 0.344. The summed E-state index contributed by atoms with van der Waals surface area (Å²) in [6.45, 7) is 0.557. The summed E-state index contributed by atoms with van der Waals surface area (Å²) >= 11 is 0. The number of para-hydroxylation sites is 1. The molecule has 0 aromatic heterocycles. The van der Waals surface area contributed by atoms with Gasteiger partial charge in [-0.05, 0) is 29.8 Å². The maximum atomic E-state index is 11.0. The average Bonchev–Trinajstić information content (AvgIpc) is 2.67. The van der Waals surface area contributed by atoms with Crippen LogP contribution in [0.1, 0.15) is 11.1 Å². The number of hydrazone groups is 1. The van der Waals surface area contributed by atoms with Gasteiger partial charge in [0, 0.05) is 11.6 Å². The molecule has 3 aromatic rings. The smallest absolute Gasteiger partial charge is 0.311 e. The summed E-state index contributed by atoms with van der Waals surface area (Å²) in [6, 6.07) is 23.7. The Hall–Kier alpha value is -3.67. The topological polar surface area (TPSA) is 79.0 Å². The first-order valence-electron chi connectivity index (χ1n) is 8.01. The number of hydrogen-bond donors (Lipinski definition) is 1. The predicted octanol–water partition coefficient (Wildman–Crippen LogP) is 4.34. The number of nitro benzene ring substituents is 1. The van der Waals surface area contributed by atoms with Gasteiger partial charge in [0.15, 0.2) is 5.75 Å². The van der Waals surface area contributed by atoms with Gasteiger partial charge in [0.2, 0.25) is 0 Å². The first-order valence-corrected chi connectivity index (χ1v) is 8.01. The van der Waals surface area contributed by atoms with E-state index in [1.807, 2.05) is 65.7 Å². The fourth-order valence-electron chi connectivity index (χ4n) is 2.46. The minimum atomic E-state index is -0.619. The number of benzene rings is 3. The highest BCUT2D eigenvalue weighted by Crippen LogP contribution is 2.26. The molecule has 0 aliphatic carbocycles. The molecular weight excluding hydrogens is 330 g/mol. The zero-order valence-corrected chi connectivity index (χ0v) is 13.9. The van der Waals surface area contributed by atoms with Gasteiger partial charge in [0.1, 0.15) is 0 Å². The van der Waals surface area contributed by atoms with E-state index < -0.39 is 4.92 Å². The standard InChI is InChI=1S/C20H17N3O3/c24-20-12-11-17(13-19(20)23(25)26)14-21-22(18-9-5-2-6-10-18)15-16-7-3-1-4-8-16/h1-14,24H,15H2/b21-14-. The van der Waals surface area contributed by atoms with E-state index in [0.717, 1.165) is 11.3 Å². The number of anilines is 1. The lowest BCUT2D eigenvalue weighted by Crippen LogP contribution is -2.16. The van der Waals surface area contributed by atoms with Crippen LogP contribution < -0.4 is 5.01 Å². The summed E-state index contributed by atoms with van der Waals surface area (Å²) in [5.74, 6) is -0.364. The van der Waals surface area contributed by atoms with Crippen LogP contribution >= 0.6 is 0 Å². The van der Waals surface area contributed by atoms with Crippen molar-refractivity contribution in [1.82, 2.24) is 0 Å². The Morgan fingerprint density at radius 1 is 1.00 bits per heavy atom. The highest BCUT2D eigenvalue weighted by atomic mass is 16.6. The third kappa shape index (κ3) is 4.24. The molecule has 0 bridgehead atoms. The van der Waals surface area contributed by atoms with Gasteiger partial charge in [-0.2, -0.15) is 5.10 Å². The predicted molar refractivity (Wildman–Crippen MR) is 101 cm³/mol. The van der Waals surface area contributed by atoms with Crippen LogP contribution in [-0.2, 0) is 6.54 Å². The third-order valence-electron chi connectivity index (χ3n) is 3.77. The number of hydrogen-bond acceptors (Lipinski definition) is 5. The molecule has 0 atom stereocenters. The van der Waals surface area contributed by atoms with Gasteiger partial charge in [-0.25, -0.2) is 0 Å². The second kappa shape index (κ2) is 7.94. The van der Waals surface area contributed by atoms with E-state index in [0.29, 0.717) is 12.1 Å². The number of aromatic hydroxyl groups is 1. The van der Waals surface area contributed by atoms with Crippen LogP contribution in [0.25, 0.3) is 0 Å². The van der Waals surface area contributed by atoms with E-state index in [1.165, 1.54) is 12.1 Å². The Morgan fingerprint density at radius 3 is 2.31 bits per heavy atom. The van der Waals surface area contributed by atoms with Gasteiger partial charge in [0.25, 0.3) is 0 Å². The summed E-state index contributed by atoms with van der Waals surface area (Å²) in [7, 11) is 0. The lowest BCUT2D eigenvalue weighted by atomic mass is 10.2. The molecule has 0 heterocycles. The lowest BCUT2D eigenvalue weighted by molar-refractivity contribution is -0.385. The van der Waals surface area contributed by atoms with Gasteiger partial charge in [-0.3, -0.25) is 15.1 Å². The maximum Gasteiger partial charge on any atom is 0.311 e. The van der Waals surface area contributed by atoms with Crippen molar-refractivity contribution in [2.45, 2.75) is 6.54 Å². The Bertz CT molecular complexity index is 912. The Kier molecular flexibility index (Phi) is 5.24. The fraction of sp³-hybridized carbons (Fsp3) is 0.0500. The zero-order valence-electron chi connectivity index (χ0n) is 13.9. The van der Waals surface area contributed by atoms with Gasteiger partial charge in [-0.1, -0.05) is 48.5 Å². The largest absolute Gasteiger partial charge is 0.502 e. The third-order valence-corrected chi connectivity index (χ3v) is 3.77. The van der Waals surface area contributed by atoms with E-state index in [1.54, 1.807) is 12.3 Å². The first kappa shape index (κ1) is 17.2. The van der Waals surface area contributed by atoms with Crippen LogP contribution in [0.4, 0.5) is 11.4 Å². The van der Waals surface area contributed by atoms with E-state index in [4.69, 9.17) is 0 Å². The highest BCUT2D eigenvalue weighted by Gasteiger charge is 2.13. The maximum absolute atomic E-state index is 11.0. The molecule has 3 aromatic carbocycles. The second-order valence-electron chi connectivity index (χ2n) is 5.63. The van der Waals surface area contributed by atoms with Crippen LogP contribution in [-0.4, -0.2) is 16.2 Å². The fourth-order valence-corrected chi connectivity index (χ4v) is 2.46. The summed E-state index contributed by atoms with van der Waals surface area (Å²) in [4.78, 5) is 10.3. The van der Waals surface area contributed by atoms with Crippen molar-refractivity contribution < 1.29 is 10.0 Å². The van der Waals surface area contributed by atoms with Gasteiger partial charge in [0.05, 0.1) is 23.4 Å². The molecule has 0 radical (unpaired) electrons. The lowest BCUT2D eigenvalue weighted by Gasteiger charge is -2.19. The number of nitro groups is 1. The highest BCUT2D eigenvalue weighted by molar-refractivity contribution is 5.82. The minimum Gasteiger partial charge on any atom is -0.502 e. The molecule has 1 N–H and O–H groups in total. The summed E-state index contributed by atoms with van der Waals surface area (Å²) < 4.78 is 0. The molecule has 0 amide bonds. The molecule has 130 valence electrons. The quantitative estimate of drug-likeness (QED) is 0.409. The number of phenolic OH excluding ortho intramolecular Hbond substituents is 1. The number of phenols is 1. The first-order chi connectivity index (χ1) is 12.6. The van der Waals surface area contributed by atoms with Crippen LogP contribution in [0.2, 0.25) is 0 Å². The number of nitrogens with zero attached hydrogens (tertiary/aromatic N) is 3. The van der Waals surface area contributed by atoms with Crippen LogP contribution in [0.15, 0.2) is 84.0 Å². The molecule has 0 saturated carbocycles. The van der Waals surface area contributed by atoms with Crippen LogP contribution in [0, 0.1) is 10.1 Å². The van der Waals surface area contributed by atoms with E-state index >= 15 is 0 Å². The van der Waals surface area contributed by atoms with Gasteiger partial charge >= 0.3 is 5.69 Å². The molecule has 6 heteroatoms. The van der Waals surface area contributed by atoms with E-state index in [9.17, 15) is 15.2 Å². The van der Waals surface area contributed by atoms with E-state index in [-0.39, 0.29) is 11.4 Å². The van der Waals surface area contributed by atoms with Crippen molar-refractivity contribution in [3.05, 3.63) is 100 Å². The van der Waals surface area contributed by atoms with Crippen molar-refractivity contribution in [2.75, 3.05) is 5.01 Å².